The monoisotopic (exact) mass is 196 g/mol. The van der Waals surface area contributed by atoms with Gasteiger partial charge in [0.2, 0.25) is 0 Å². The van der Waals surface area contributed by atoms with Gasteiger partial charge in [0.25, 0.3) is 0 Å². The van der Waals surface area contributed by atoms with E-state index in [0.717, 1.165) is 6.42 Å². The van der Waals surface area contributed by atoms with Crippen LogP contribution in [0.1, 0.15) is 34.1 Å². The van der Waals surface area contributed by atoms with Crippen LogP contribution in [0.25, 0.3) is 0 Å². The Morgan fingerprint density at radius 1 is 1.50 bits per heavy atom. The van der Waals surface area contributed by atoms with Gasteiger partial charge in [-0.3, -0.25) is 0 Å². The molecule has 0 saturated carbocycles. The van der Waals surface area contributed by atoms with Gasteiger partial charge in [0.15, 0.2) is 0 Å². The van der Waals surface area contributed by atoms with Gasteiger partial charge in [-0.1, -0.05) is 33.8 Å². The number of rotatable bonds is 2. The number of carboxylic acids is 1. The zero-order valence-corrected chi connectivity index (χ0v) is 9.45. The molecule has 3 atom stereocenters. The largest absolute Gasteiger partial charge is 0.478 e. The molecule has 2 nitrogen and oxygen atoms in total. The Balaban J connectivity index is 2.85. The molecule has 1 aliphatic carbocycles. The molecule has 0 radical (unpaired) electrons. The Kier molecular flexibility index (Phi) is 3.35. The molecule has 1 aliphatic rings. The molecule has 0 heterocycles. The van der Waals surface area contributed by atoms with E-state index in [9.17, 15) is 4.79 Å². The Morgan fingerprint density at radius 3 is 2.50 bits per heavy atom. The highest BCUT2D eigenvalue weighted by Gasteiger charge is 2.32. The Labute approximate surface area is 86.0 Å². The number of hydrogen-bond donors (Lipinski definition) is 1. The number of carbonyl (C=O) groups is 1. The van der Waals surface area contributed by atoms with Gasteiger partial charge in [-0.05, 0) is 30.1 Å². The second-order valence-electron chi connectivity index (χ2n) is 4.76. The molecular formula is C12H20O2. The Morgan fingerprint density at radius 2 is 2.07 bits per heavy atom. The maximum Gasteiger partial charge on any atom is 0.331 e. The van der Waals surface area contributed by atoms with Crippen LogP contribution in [0.5, 0.6) is 0 Å². The SMILES string of the molecule is CC(C)C1CC=C(C(=O)O)C(C)C1C. The summed E-state index contributed by atoms with van der Waals surface area (Å²) in [5.74, 6) is 1.19. The second kappa shape index (κ2) is 4.16. The summed E-state index contributed by atoms with van der Waals surface area (Å²) in [6.07, 6.45) is 2.84. The van der Waals surface area contributed by atoms with Gasteiger partial charge < -0.3 is 5.11 Å². The third-order valence-corrected chi connectivity index (χ3v) is 3.67. The molecule has 0 aliphatic heterocycles. The number of allylic oxidation sites excluding steroid dienone is 1. The first kappa shape index (κ1) is 11.3. The molecule has 0 spiro atoms. The zero-order chi connectivity index (χ0) is 10.9. The highest BCUT2D eigenvalue weighted by atomic mass is 16.4. The molecule has 0 bridgehead atoms. The van der Waals surface area contributed by atoms with Gasteiger partial charge in [-0.15, -0.1) is 0 Å². The van der Waals surface area contributed by atoms with Gasteiger partial charge in [-0.2, -0.15) is 0 Å². The van der Waals surface area contributed by atoms with Gasteiger partial charge in [0, 0.05) is 5.57 Å². The van der Waals surface area contributed by atoms with Crippen LogP contribution in [0.4, 0.5) is 0 Å². The van der Waals surface area contributed by atoms with Crippen molar-refractivity contribution < 1.29 is 9.90 Å². The minimum Gasteiger partial charge on any atom is -0.478 e. The van der Waals surface area contributed by atoms with Crippen molar-refractivity contribution in [2.75, 3.05) is 0 Å². The lowest BCUT2D eigenvalue weighted by molar-refractivity contribution is -0.133. The first-order valence-corrected chi connectivity index (χ1v) is 5.38. The van der Waals surface area contributed by atoms with Gasteiger partial charge in [0.1, 0.15) is 0 Å². The average Bonchev–Trinajstić information content (AvgIpc) is 2.08. The van der Waals surface area contributed by atoms with Crippen molar-refractivity contribution in [3.8, 4) is 0 Å². The minimum atomic E-state index is -0.744. The lowest BCUT2D eigenvalue weighted by atomic mass is 9.69. The van der Waals surface area contributed by atoms with E-state index in [1.54, 1.807) is 0 Å². The molecule has 0 amide bonds. The molecular weight excluding hydrogens is 176 g/mol. The molecule has 0 fully saturated rings. The van der Waals surface area contributed by atoms with E-state index in [1.807, 2.05) is 13.0 Å². The van der Waals surface area contributed by atoms with E-state index in [-0.39, 0.29) is 5.92 Å². The van der Waals surface area contributed by atoms with Gasteiger partial charge in [-0.25, -0.2) is 4.79 Å². The van der Waals surface area contributed by atoms with Crippen LogP contribution < -0.4 is 0 Å². The highest BCUT2D eigenvalue weighted by molar-refractivity contribution is 5.87. The van der Waals surface area contributed by atoms with Crippen LogP contribution in [-0.4, -0.2) is 11.1 Å². The second-order valence-corrected chi connectivity index (χ2v) is 4.76. The van der Waals surface area contributed by atoms with Crippen LogP contribution in [0, 0.1) is 23.7 Å². The maximum absolute atomic E-state index is 10.9. The summed E-state index contributed by atoms with van der Waals surface area (Å²) in [5, 5.41) is 8.98. The van der Waals surface area contributed by atoms with Crippen molar-refractivity contribution in [3.63, 3.8) is 0 Å². The fraction of sp³-hybridized carbons (Fsp3) is 0.750. The average molecular weight is 196 g/mol. The van der Waals surface area contributed by atoms with Crippen molar-refractivity contribution >= 4 is 5.97 Å². The third-order valence-electron chi connectivity index (χ3n) is 3.67. The first-order chi connectivity index (χ1) is 6.45. The zero-order valence-electron chi connectivity index (χ0n) is 9.45. The van der Waals surface area contributed by atoms with Crippen molar-refractivity contribution in [2.24, 2.45) is 23.7 Å². The molecule has 1 N–H and O–H groups in total. The van der Waals surface area contributed by atoms with E-state index in [2.05, 4.69) is 20.8 Å². The predicted octanol–water partition coefficient (Wildman–Crippen LogP) is 2.95. The van der Waals surface area contributed by atoms with Crippen molar-refractivity contribution in [2.45, 2.75) is 34.1 Å². The molecule has 2 heteroatoms. The summed E-state index contributed by atoms with van der Waals surface area (Å²) < 4.78 is 0. The summed E-state index contributed by atoms with van der Waals surface area (Å²) in [6.45, 7) is 8.63. The minimum absolute atomic E-state index is 0.189. The van der Waals surface area contributed by atoms with E-state index >= 15 is 0 Å². The van der Waals surface area contributed by atoms with Crippen LogP contribution >= 0.6 is 0 Å². The van der Waals surface area contributed by atoms with E-state index < -0.39 is 5.97 Å². The third kappa shape index (κ3) is 1.99. The fourth-order valence-electron chi connectivity index (χ4n) is 2.48. The first-order valence-electron chi connectivity index (χ1n) is 5.38. The van der Waals surface area contributed by atoms with Crippen LogP contribution in [-0.2, 0) is 4.79 Å². The van der Waals surface area contributed by atoms with E-state index in [0.29, 0.717) is 23.3 Å². The molecule has 14 heavy (non-hydrogen) atoms. The smallest absolute Gasteiger partial charge is 0.331 e. The molecule has 0 aromatic carbocycles. The number of carboxylic acid groups (broad SMARTS) is 1. The normalized spacial score (nSPS) is 32.9. The summed E-state index contributed by atoms with van der Waals surface area (Å²) in [6, 6.07) is 0. The molecule has 0 aromatic heterocycles. The van der Waals surface area contributed by atoms with Gasteiger partial charge >= 0.3 is 5.97 Å². The van der Waals surface area contributed by atoms with Gasteiger partial charge in [0.05, 0.1) is 0 Å². The maximum atomic E-state index is 10.9. The molecule has 0 aromatic rings. The number of aliphatic carboxylic acids is 1. The summed E-state index contributed by atoms with van der Waals surface area (Å²) in [4.78, 5) is 10.9. The van der Waals surface area contributed by atoms with Crippen molar-refractivity contribution in [1.29, 1.82) is 0 Å². The van der Waals surface area contributed by atoms with Crippen molar-refractivity contribution in [3.05, 3.63) is 11.6 Å². The Hall–Kier alpha value is -0.790. The molecule has 1 rings (SSSR count). The van der Waals surface area contributed by atoms with E-state index in [4.69, 9.17) is 5.11 Å². The Bertz CT molecular complexity index is 253. The van der Waals surface area contributed by atoms with Crippen molar-refractivity contribution in [1.82, 2.24) is 0 Å². The predicted molar refractivity (Wildman–Crippen MR) is 57.0 cm³/mol. The van der Waals surface area contributed by atoms with Crippen LogP contribution in [0.2, 0.25) is 0 Å². The molecule has 80 valence electrons. The van der Waals surface area contributed by atoms with Crippen LogP contribution in [0.15, 0.2) is 11.6 Å². The molecule has 0 saturated heterocycles. The molecule has 3 unspecified atom stereocenters. The lowest BCUT2D eigenvalue weighted by Crippen LogP contribution is -2.30. The summed E-state index contributed by atoms with van der Waals surface area (Å²) in [5.41, 5.74) is 0.606. The summed E-state index contributed by atoms with van der Waals surface area (Å²) >= 11 is 0. The standard InChI is InChI=1S/C12H20O2/c1-7(2)10-5-6-11(12(13)14)9(4)8(10)3/h6-10H,5H2,1-4H3,(H,13,14). The van der Waals surface area contributed by atoms with E-state index in [1.165, 1.54) is 0 Å². The number of hydrogen-bond acceptors (Lipinski definition) is 1. The highest BCUT2D eigenvalue weighted by Crippen LogP contribution is 2.38. The fourth-order valence-corrected chi connectivity index (χ4v) is 2.48. The lowest BCUT2D eigenvalue weighted by Gasteiger charge is -2.35. The summed E-state index contributed by atoms with van der Waals surface area (Å²) in [7, 11) is 0. The topological polar surface area (TPSA) is 37.3 Å². The van der Waals surface area contributed by atoms with Crippen LogP contribution in [0.3, 0.4) is 0 Å². The quantitative estimate of drug-likeness (QED) is 0.737.